The molecule has 1 fully saturated rings. The van der Waals surface area contributed by atoms with E-state index in [9.17, 15) is 4.79 Å². The van der Waals surface area contributed by atoms with Crippen LogP contribution in [0.25, 0.3) is 5.95 Å². The quantitative estimate of drug-likeness (QED) is 0.769. The van der Waals surface area contributed by atoms with Gasteiger partial charge >= 0.3 is 0 Å². The molecule has 2 N–H and O–H groups in total. The summed E-state index contributed by atoms with van der Waals surface area (Å²) in [5.41, 5.74) is 4.53. The molecule has 1 aliphatic rings. The van der Waals surface area contributed by atoms with Crippen LogP contribution in [0.1, 0.15) is 47.6 Å². The van der Waals surface area contributed by atoms with E-state index in [1.54, 1.807) is 4.68 Å². The van der Waals surface area contributed by atoms with E-state index in [4.69, 9.17) is 0 Å². The average molecular weight is 407 g/mol. The van der Waals surface area contributed by atoms with Crippen molar-refractivity contribution in [1.29, 1.82) is 0 Å². The van der Waals surface area contributed by atoms with Gasteiger partial charge in [0.25, 0.3) is 5.95 Å². The summed E-state index contributed by atoms with van der Waals surface area (Å²) < 4.78 is 1.74. The summed E-state index contributed by atoms with van der Waals surface area (Å²) in [4.78, 5) is 21.4. The summed E-state index contributed by atoms with van der Waals surface area (Å²) in [6.45, 7) is 10.7. The lowest BCUT2D eigenvalue weighted by atomic mass is 9.96. The van der Waals surface area contributed by atoms with Gasteiger partial charge in [-0.1, -0.05) is 0 Å². The van der Waals surface area contributed by atoms with Gasteiger partial charge in [0.1, 0.15) is 0 Å². The Bertz CT molecular complexity index is 793. The number of halogens is 1. The third-order valence-electron chi connectivity index (χ3n) is 5.21. The van der Waals surface area contributed by atoms with E-state index >= 15 is 0 Å². The molecule has 1 saturated heterocycles. The van der Waals surface area contributed by atoms with Crippen LogP contribution >= 0.6 is 12.4 Å². The maximum absolute atomic E-state index is 12.4. The van der Waals surface area contributed by atoms with Gasteiger partial charge in [-0.3, -0.25) is 4.79 Å². The number of rotatable bonds is 6. The third kappa shape index (κ3) is 5.52. The van der Waals surface area contributed by atoms with Crippen molar-refractivity contribution in [2.24, 2.45) is 5.92 Å². The van der Waals surface area contributed by atoms with Crippen molar-refractivity contribution < 1.29 is 4.79 Å². The maximum atomic E-state index is 12.4. The monoisotopic (exact) mass is 406 g/mol. The normalized spacial score (nSPS) is 16.5. The highest BCUT2D eigenvalue weighted by atomic mass is 35.5. The molecule has 0 spiro atoms. The third-order valence-corrected chi connectivity index (χ3v) is 5.21. The number of aromatic nitrogens is 4. The number of carbonyl (C=O) groups excluding carboxylic acids is 1. The Kier molecular flexibility index (Phi) is 7.95. The summed E-state index contributed by atoms with van der Waals surface area (Å²) in [5.74, 6) is 1.28. The van der Waals surface area contributed by atoms with Gasteiger partial charge < -0.3 is 10.6 Å². The largest absolute Gasteiger partial charge is 0.356 e. The molecule has 0 bridgehead atoms. The van der Waals surface area contributed by atoms with Crippen LogP contribution in [0.2, 0.25) is 0 Å². The Balaban J connectivity index is 0.00000280. The van der Waals surface area contributed by atoms with Gasteiger partial charge in [-0.15, -0.1) is 12.4 Å². The lowest BCUT2D eigenvalue weighted by molar-refractivity contribution is -0.120. The Morgan fingerprint density at radius 2 is 1.96 bits per heavy atom. The molecule has 3 heterocycles. The number of hydrogen-bond donors (Lipinski definition) is 2. The Hall–Kier alpha value is -1.99. The van der Waals surface area contributed by atoms with Gasteiger partial charge in [-0.25, -0.2) is 14.6 Å². The van der Waals surface area contributed by atoms with Crippen molar-refractivity contribution in [1.82, 2.24) is 30.4 Å². The van der Waals surface area contributed by atoms with Crippen LogP contribution in [0.15, 0.2) is 6.07 Å². The summed E-state index contributed by atoms with van der Waals surface area (Å²) >= 11 is 0. The van der Waals surface area contributed by atoms with E-state index < -0.39 is 0 Å². The van der Waals surface area contributed by atoms with Crippen molar-refractivity contribution in [3.05, 3.63) is 34.4 Å². The minimum Gasteiger partial charge on any atom is -0.356 e. The highest BCUT2D eigenvalue weighted by Gasteiger charge is 2.18. The molecule has 2 aromatic heterocycles. The van der Waals surface area contributed by atoms with Crippen molar-refractivity contribution in [2.75, 3.05) is 19.6 Å². The van der Waals surface area contributed by atoms with E-state index in [1.165, 1.54) is 12.8 Å². The molecule has 1 aliphatic heterocycles. The van der Waals surface area contributed by atoms with Crippen LogP contribution in [-0.2, 0) is 11.2 Å². The molecule has 2 aromatic rings. The summed E-state index contributed by atoms with van der Waals surface area (Å²) in [6.07, 6.45) is 3.86. The summed E-state index contributed by atoms with van der Waals surface area (Å²) in [6, 6.07) is 1.94. The molecule has 154 valence electrons. The lowest BCUT2D eigenvalue weighted by Crippen LogP contribution is -2.33. The lowest BCUT2D eigenvalue weighted by Gasteiger charge is -2.22. The predicted molar refractivity (Wildman–Crippen MR) is 112 cm³/mol. The SMILES string of the molecule is Cc1cc(C)nc(-n2nc(C)c(CC(=O)NCCC3CCCNC3)c2C)n1.Cl. The van der Waals surface area contributed by atoms with Crippen molar-refractivity contribution in [3.63, 3.8) is 0 Å². The standard InChI is InChI=1S/C20H30N6O.ClH/c1-13-10-14(2)24-20(23-13)26-16(4)18(15(3)25-26)11-19(27)22-9-7-17-6-5-8-21-12-17;/h10,17,21H,5-9,11-12H2,1-4H3,(H,22,27);1H. The first-order chi connectivity index (χ1) is 12.9. The minimum atomic E-state index is 0. The number of carbonyl (C=O) groups is 1. The molecule has 1 unspecified atom stereocenters. The molecule has 0 radical (unpaired) electrons. The van der Waals surface area contributed by atoms with Gasteiger partial charge in [-0.05, 0) is 72.0 Å². The molecular weight excluding hydrogens is 376 g/mol. The molecule has 0 aromatic carbocycles. The number of aryl methyl sites for hydroxylation is 3. The summed E-state index contributed by atoms with van der Waals surface area (Å²) in [7, 11) is 0. The van der Waals surface area contributed by atoms with Crippen LogP contribution < -0.4 is 10.6 Å². The Morgan fingerprint density at radius 3 is 2.61 bits per heavy atom. The molecule has 8 heteroatoms. The van der Waals surface area contributed by atoms with Gasteiger partial charge in [-0.2, -0.15) is 5.10 Å². The van der Waals surface area contributed by atoms with Crippen LogP contribution in [0.3, 0.4) is 0 Å². The zero-order valence-electron chi connectivity index (χ0n) is 17.2. The van der Waals surface area contributed by atoms with Crippen LogP contribution in [0.5, 0.6) is 0 Å². The van der Waals surface area contributed by atoms with E-state index in [1.807, 2.05) is 33.8 Å². The van der Waals surface area contributed by atoms with Gasteiger partial charge in [0.05, 0.1) is 12.1 Å². The van der Waals surface area contributed by atoms with Crippen molar-refractivity contribution in [2.45, 2.75) is 53.4 Å². The molecule has 3 rings (SSSR count). The molecule has 0 saturated carbocycles. The van der Waals surface area contributed by atoms with Gasteiger partial charge in [0, 0.05) is 29.2 Å². The Labute approximate surface area is 173 Å². The first-order valence-corrected chi connectivity index (χ1v) is 9.79. The molecule has 7 nitrogen and oxygen atoms in total. The average Bonchev–Trinajstić information content (AvgIpc) is 2.90. The van der Waals surface area contributed by atoms with E-state index in [2.05, 4.69) is 25.7 Å². The predicted octanol–water partition coefficient (Wildman–Crippen LogP) is 2.37. The van der Waals surface area contributed by atoms with Crippen LogP contribution in [-0.4, -0.2) is 45.3 Å². The second kappa shape index (κ2) is 9.98. The highest BCUT2D eigenvalue weighted by molar-refractivity contribution is 5.85. The second-order valence-corrected chi connectivity index (χ2v) is 7.54. The highest BCUT2D eigenvalue weighted by Crippen LogP contribution is 2.17. The topological polar surface area (TPSA) is 84.7 Å². The molecular formula is C20H31ClN6O. The van der Waals surface area contributed by atoms with Crippen molar-refractivity contribution >= 4 is 18.3 Å². The number of hydrogen-bond acceptors (Lipinski definition) is 5. The first kappa shape index (κ1) is 22.3. The van der Waals surface area contributed by atoms with Gasteiger partial charge in [0.2, 0.25) is 5.91 Å². The van der Waals surface area contributed by atoms with Crippen molar-refractivity contribution in [3.8, 4) is 5.95 Å². The zero-order chi connectivity index (χ0) is 19.4. The molecule has 1 atom stereocenters. The van der Waals surface area contributed by atoms with E-state index in [0.717, 1.165) is 54.4 Å². The fourth-order valence-electron chi connectivity index (χ4n) is 3.74. The van der Waals surface area contributed by atoms with Gasteiger partial charge in [0.15, 0.2) is 0 Å². The second-order valence-electron chi connectivity index (χ2n) is 7.54. The number of piperidine rings is 1. The molecule has 1 amide bonds. The van der Waals surface area contributed by atoms with Crippen LogP contribution in [0, 0.1) is 33.6 Å². The fourth-order valence-corrected chi connectivity index (χ4v) is 3.74. The number of nitrogens with zero attached hydrogens (tertiary/aromatic N) is 4. The van der Waals surface area contributed by atoms with E-state index in [-0.39, 0.29) is 18.3 Å². The molecule has 0 aliphatic carbocycles. The number of nitrogens with one attached hydrogen (secondary N) is 2. The smallest absolute Gasteiger partial charge is 0.251 e. The Morgan fingerprint density at radius 1 is 1.25 bits per heavy atom. The fraction of sp³-hybridized carbons (Fsp3) is 0.600. The summed E-state index contributed by atoms with van der Waals surface area (Å²) in [5, 5.41) is 11.1. The number of amides is 1. The molecule has 28 heavy (non-hydrogen) atoms. The first-order valence-electron chi connectivity index (χ1n) is 9.79. The maximum Gasteiger partial charge on any atom is 0.251 e. The van der Waals surface area contributed by atoms with E-state index in [0.29, 0.717) is 18.3 Å². The zero-order valence-corrected chi connectivity index (χ0v) is 18.0. The van der Waals surface area contributed by atoms with Crippen LogP contribution in [0.4, 0.5) is 0 Å². The minimum absolute atomic E-state index is 0.